The summed E-state index contributed by atoms with van der Waals surface area (Å²) in [6.07, 6.45) is 2.37. The summed E-state index contributed by atoms with van der Waals surface area (Å²) in [7, 11) is 0. The van der Waals surface area contributed by atoms with Crippen LogP contribution in [0.1, 0.15) is 12.1 Å². The minimum Gasteiger partial charge on any atom is -0.494 e. The van der Waals surface area contributed by atoms with E-state index in [1.165, 1.54) is 0 Å². The predicted molar refractivity (Wildman–Crippen MR) is 82.5 cm³/mol. The largest absolute Gasteiger partial charge is 0.494 e. The second-order valence-electron chi connectivity index (χ2n) is 4.16. The first-order chi connectivity index (χ1) is 9.18. The fraction of sp³-hybridized carbons (Fsp3) is 0.286. The van der Waals surface area contributed by atoms with Crippen LogP contribution in [0.5, 0.6) is 5.75 Å². The van der Waals surface area contributed by atoms with E-state index in [0.717, 1.165) is 17.9 Å². The molecule has 1 aromatic carbocycles. The maximum Gasteiger partial charge on any atom is 0.267 e. The molecule has 0 atom stereocenters. The van der Waals surface area contributed by atoms with Crippen LogP contribution in [0.4, 0.5) is 0 Å². The van der Waals surface area contributed by atoms with E-state index in [1.54, 1.807) is 10.9 Å². The first-order valence-corrected chi connectivity index (χ1v) is 7.16. The lowest BCUT2D eigenvalue weighted by atomic mass is 10.3. The van der Waals surface area contributed by atoms with E-state index in [0.29, 0.717) is 16.7 Å². The van der Waals surface area contributed by atoms with Gasteiger partial charge in [0.15, 0.2) is 0 Å². The van der Waals surface area contributed by atoms with Crippen molar-refractivity contribution >= 4 is 22.6 Å². The zero-order chi connectivity index (χ0) is 13.7. The predicted octanol–water partition coefficient (Wildman–Crippen LogP) is 2.63. The van der Waals surface area contributed by atoms with Gasteiger partial charge in [0, 0.05) is 6.54 Å². The number of aromatic nitrogens is 2. The smallest absolute Gasteiger partial charge is 0.267 e. The Morgan fingerprint density at radius 2 is 2.05 bits per heavy atom. The standard InChI is InChI=1S/C14H15IN2O2/c1-11-13(15)14(18)17(10-16-11)8-5-9-19-12-6-3-2-4-7-12/h2-4,6-7,10H,5,8-9H2,1H3. The van der Waals surface area contributed by atoms with Gasteiger partial charge < -0.3 is 4.74 Å². The molecule has 0 saturated carbocycles. The van der Waals surface area contributed by atoms with Crippen LogP contribution >= 0.6 is 22.6 Å². The molecule has 0 aliphatic rings. The summed E-state index contributed by atoms with van der Waals surface area (Å²) in [6, 6.07) is 9.66. The maximum atomic E-state index is 11.9. The average molecular weight is 370 g/mol. The minimum absolute atomic E-state index is 0.0211. The number of halogens is 1. The van der Waals surface area contributed by atoms with E-state index < -0.39 is 0 Å². The van der Waals surface area contributed by atoms with Crippen molar-refractivity contribution in [1.29, 1.82) is 0 Å². The third kappa shape index (κ3) is 3.79. The highest BCUT2D eigenvalue weighted by Crippen LogP contribution is 2.08. The molecule has 0 bridgehead atoms. The van der Waals surface area contributed by atoms with Gasteiger partial charge in [0.05, 0.1) is 22.2 Å². The lowest BCUT2D eigenvalue weighted by Gasteiger charge is -2.08. The van der Waals surface area contributed by atoms with E-state index in [-0.39, 0.29) is 5.56 Å². The Bertz CT molecular complexity index is 596. The number of aryl methyl sites for hydroxylation is 2. The topological polar surface area (TPSA) is 44.1 Å². The monoisotopic (exact) mass is 370 g/mol. The SMILES string of the molecule is Cc1ncn(CCCOc2ccccc2)c(=O)c1I. The number of nitrogens with zero attached hydrogens (tertiary/aromatic N) is 2. The summed E-state index contributed by atoms with van der Waals surface area (Å²) < 4.78 is 7.90. The summed E-state index contributed by atoms with van der Waals surface area (Å²) in [6.45, 7) is 3.04. The Morgan fingerprint density at radius 1 is 1.32 bits per heavy atom. The van der Waals surface area contributed by atoms with Gasteiger partial charge in [0.1, 0.15) is 5.75 Å². The molecule has 0 spiro atoms. The molecule has 2 rings (SSSR count). The molecule has 0 aliphatic carbocycles. The van der Waals surface area contributed by atoms with Gasteiger partial charge in [-0.2, -0.15) is 0 Å². The van der Waals surface area contributed by atoms with E-state index in [9.17, 15) is 4.79 Å². The van der Waals surface area contributed by atoms with Crippen molar-refractivity contribution in [2.45, 2.75) is 19.9 Å². The molecule has 5 heteroatoms. The van der Waals surface area contributed by atoms with Crippen molar-refractivity contribution in [2.75, 3.05) is 6.61 Å². The van der Waals surface area contributed by atoms with E-state index >= 15 is 0 Å². The molecular formula is C14H15IN2O2. The molecule has 4 nitrogen and oxygen atoms in total. The third-order valence-corrected chi connectivity index (χ3v) is 3.95. The Balaban J connectivity index is 1.87. The fourth-order valence-electron chi connectivity index (χ4n) is 1.65. The number of para-hydroxylation sites is 1. The molecule has 0 amide bonds. The van der Waals surface area contributed by atoms with Crippen LogP contribution in [-0.2, 0) is 6.54 Å². The summed E-state index contributed by atoms with van der Waals surface area (Å²) >= 11 is 2.04. The van der Waals surface area contributed by atoms with Crippen LogP contribution in [0, 0.1) is 10.5 Å². The molecule has 1 aromatic heterocycles. The lowest BCUT2D eigenvalue weighted by Crippen LogP contribution is -2.24. The zero-order valence-electron chi connectivity index (χ0n) is 10.7. The summed E-state index contributed by atoms with van der Waals surface area (Å²) in [5.74, 6) is 0.853. The van der Waals surface area contributed by atoms with Crippen molar-refractivity contribution < 1.29 is 4.74 Å². The maximum absolute atomic E-state index is 11.9. The molecule has 19 heavy (non-hydrogen) atoms. The fourth-order valence-corrected chi connectivity index (χ4v) is 2.10. The molecule has 1 heterocycles. The number of hydrogen-bond acceptors (Lipinski definition) is 3. The number of benzene rings is 1. The first kappa shape index (κ1) is 14.0. The van der Waals surface area contributed by atoms with Crippen molar-refractivity contribution in [1.82, 2.24) is 9.55 Å². The van der Waals surface area contributed by atoms with Crippen molar-refractivity contribution in [2.24, 2.45) is 0 Å². The van der Waals surface area contributed by atoms with E-state index in [4.69, 9.17) is 4.74 Å². The first-order valence-electron chi connectivity index (χ1n) is 6.08. The second-order valence-corrected chi connectivity index (χ2v) is 5.24. The molecule has 0 N–H and O–H groups in total. The van der Waals surface area contributed by atoms with Gasteiger partial charge >= 0.3 is 0 Å². The van der Waals surface area contributed by atoms with Crippen LogP contribution in [0.3, 0.4) is 0 Å². The minimum atomic E-state index is 0.0211. The normalized spacial score (nSPS) is 10.4. The van der Waals surface area contributed by atoms with Gasteiger partial charge in [0.25, 0.3) is 5.56 Å². The van der Waals surface area contributed by atoms with Gasteiger partial charge in [-0.1, -0.05) is 18.2 Å². The Kier molecular flexibility index (Phi) is 4.95. The Hall–Kier alpha value is -1.37. The van der Waals surface area contributed by atoms with E-state index in [2.05, 4.69) is 4.98 Å². The molecule has 0 unspecified atom stereocenters. The molecule has 0 aliphatic heterocycles. The zero-order valence-corrected chi connectivity index (χ0v) is 12.8. The molecule has 0 fully saturated rings. The van der Waals surface area contributed by atoms with Gasteiger partial charge in [-0.3, -0.25) is 9.36 Å². The van der Waals surface area contributed by atoms with Crippen LogP contribution in [0.15, 0.2) is 41.5 Å². The average Bonchev–Trinajstić information content (AvgIpc) is 2.44. The summed E-state index contributed by atoms with van der Waals surface area (Å²) in [5.41, 5.74) is 0.801. The summed E-state index contributed by atoms with van der Waals surface area (Å²) in [4.78, 5) is 16.1. The summed E-state index contributed by atoms with van der Waals surface area (Å²) in [5, 5.41) is 0. The van der Waals surface area contributed by atoms with E-state index in [1.807, 2.05) is 59.8 Å². The van der Waals surface area contributed by atoms with Gasteiger partial charge in [-0.25, -0.2) is 4.98 Å². The third-order valence-electron chi connectivity index (χ3n) is 2.71. The highest BCUT2D eigenvalue weighted by molar-refractivity contribution is 14.1. The number of hydrogen-bond donors (Lipinski definition) is 0. The van der Waals surface area contributed by atoms with Crippen LogP contribution < -0.4 is 10.3 Å². The molecule has 0 saturated heterocycles. The van der Waals surface area contributed by atoms with Gasteiger partial charge in [-0.15, -0.1) is 0 Å². The number of rotatable bonds is 5. The quantitative estimate of drug-likeness (QED) is 0.601. The molecule has 100 valence electrons. The Labute approximate surface area is 125 Å². The van der Waals surface area contributed by atoms with Crippen molar-refractivity contribution in [3.05, 3.63) is 56.3 Å². The highest BCUT2D eigenvalue weighted by Gasteiger charge is 2.04. The highest BCUT2D eigenvalue weighted by atomic mass is 127. The van der Waals surface area contributed by atoms with Crippen molar-refractivity contribution in [3.63, 3.8) is 0 Å². The second kappa shape index (κ2) is 6.70. The Morgan fingerprint density at radius 3 is 2.79 bits per heavy atom. The van der Waals surface area contributed by atoms with Crippen LogP contribution in [0.25, 0.3) is 0 Å². The molecular weight excluding hydrogens is 355 g/mol. The van der Waals surface area contributed by atoms with Crippen molar-refractivity contribution in [3.8, 4) is 5.75 Å². The molecule has 2 aromatic rings. The van der Waals surface area contributed by atoms with Crippen LogP contribution in [0.2, 0.25) is 0 Å². The van der Waals surface area contributed by atoms with Crippen LogP contribution in [-0.4, -0.2) is 16.2 Å². The number of ether oxygens (including phenoxy) is 1. The molecule has 0 radical (unpaired) electrons. The van der Waals surface area contributed by atoms with Gasteiger partial charge in [-0.05, 0) is 48.1 Å². The lowest BCUT2D eigenvalue weighted by molar-refractivity contribution is 0.300. The van der Waals surface area contributed by atoms with Gasteiger partial charge in [0.2, 0.25) is 0 Å².